The number of pyridine rings is 1. The molecule has 1 aromatic heterocycles. The summed E-state index contributed by atoms with van der Waals surface area (Å²) in [6, 6.07) is 1.37. The second kappa shape index (κ2) is 5.42. The third kappa shape index (κ3) is 2.28. The van der Waals surface area contributed by atoms with E-state index in [1.807, 2.05) is 0 Å². The maximum Gasteiger partial charge on any atom is 0.355 e. The van der Waals surface area contributed by atoms with Gasteiger partial charge in [-0.1, -0.05) is 0 Å². The number of likely N-dealkylation sites (N-methyl/N-ethyl adjacent to an activating group) is 1. The van der Waals surface area contributed by atoms with Crippen LogP contribution in [0.4, 0.5) is 8.78 Å². The van der Waals surface area contributed by atoms with Gasteiger partial charge in [0.15, 0.2) is 11.6 Å². The molecule has 0 saturated carbocycles. The van der Waals surface area contributed by atoms with Crippen LogP contribution in [0.2, 0.25) is 0 Å². The second-order valence-corrected chi connectivity index (χ2v) is 4.49. The minimum Gasteiger partial charge on any atom is -0.459 e. The van der Waals surface area contributed by atoms with E-state index in [4.69, 9.17) is 4.74 Å². The van der Waals surface area contributed by atoms with Crippen molar-refractivity contribution in [3.63, 3.8) is 0 Å². The van der Waals surface area contributed by atoms with Crippen molar-refractivity contribution in [1.29, 1.82) is 0 Å². The van der Waals surface area contributed by atoms with Crippen molar-refractivity contribution in [2.45, 2.75) is 6.04 Å². The van der Waals surface area contributed by atoms with E-state index in [2.05, 4.69) is 10.3 Å². The normalized spacial score (nSPS) is 17.1. The number of halogens is 3. The van der Waals surface area contributed by atoms with E-state index >= 15 is 0 Å². The van der Waals surface area contributed by atoms with Crippen molar-refractivity contribution in [3.05, 3.63) is 45.4 Å². The molecule has 0 spiro atoms. The molecule has 0 unspecified atom stereocenters. The number of rotatable bonds is 1. The molecular weight excluding hydrogens is 306 g/mol. The number of aromatic amines is 1. The Labute approximate surface area is 123 Å². The average molecular weight is 317 g/mol. The zero-order valence-electron chi connectivity index (χ0n) is 10.8. The molecule has 0 amide bonds. The summed E-state index contributed by atoms with van der Waals surface area (Å²) in [7, 11) is 1.64. The van der Waals surface area contributed by atoms with Crippen LogP contribution in [0.15, 0.2) is 16.9 Å². The molecule has 2 aromatic rings. The highest BCUT2D eigenvalue weighted by Crippen LogP contribution is 2.30. The van der Waals surface area contributed by atoms with Gasteiger partial charge in [-0.15, -0.1) is 12.4 Å². The van der Waals surface area contributed by atoms with Crippen molar-refractivity contribution in [2.75, 3.05) is 13.7 Å². The van der Waals surface area contributed by atoms with Crippen LogP contribution in [0, 0.1) is 11.6 Å². The maximum atomic E-state index is 13.5. The molecule has 1 atom stereocenters. The Kier molecular flexibility index (Phi) is 3.97. The summed E-state index contributed by atoms with van der Waals surface area (Å²) in [6.07, 6.45) is 0. The first-order valence-corrected chi connectivity index (χ1v) is 5.92. The van der Waals surface area contributed by atoms with E-state index in [-0.39, 0.29) is 35.5 Å². The Morgan fingerprint density at radius 1 is 1.24 bits per heavy atom. The topological polar surface area (TPSA) is 71.2 Å². The summed E-state index contributed by atoms with van der Waals surface area (Å²) >= 11 is 0. The highest BCUT2D eigenvalue weighted by Gasteiger charge is 2.30. The first kappa shape index (κ1) is 15.4. The fourth-order valence-electron chi connectivity index (χ4n) is 2.41. The van der Waals surface area contributed by atoms with Gasteiger partial charge >= 0.3 is 5.97 Å². The summed E-state index contributed by atoms with van der Waals surface area (Å²) in [4.78, 5) is 26.0. The van der Waals surface area contributed by atoms with Crippen LogP contribution in [0.1, 0.15) is 22.1 Å². The van der Waals surface area contributed by atoms with E-state index in [0.717, 1.165) is 12.1 Å². The molecule has 1 aromatic carbocycles. The van der Waals surface area contributed by atoms with Gasteiger partial charge in [0.25, 0.3) is 5.56 Å². The summed E-state index contributed by atoms with van der Waals surface area (Å²) < 4.78 is 31.7. The summed E-state index contributed by atoms with van der Waals surface area (Å²) in [6.45, 7) is 0.0580. The van der Waals surface area contributed by atoms with Gasteiger partial charge in [0.2, 0.25) is 0 Å². The molecule has 2 heterocycles. The van der Waals surface area contributed by atoms with Crippen molar-refractivity contribution in [1.82, 2.24) is 10.3 Å². The number of aromatic nitrogens is 1. The van der Waals surface area contributed by atoms with Gasteiger partial charge in [-0.05, 0) is 24.6 Å². The monoisotopic (exact) mass is 316 g/mol. The van der Waals surface area contributed by atoms with Gasteiger partial charge in [0.1, 0.15) is 12.3 Å². The van der Waals surface area contributed by atoms with E-state index in [1.165, 1.54) is 0 Å². The van der Waals surface area contributed by atoms with Crippen LogP contribution in [0.5, 0.6) is 0 Å². The molecule has 1 aliphatic rings. The minimum absolute atomic E-state index is 0. The molecule has 2 N–H and O–H groups in total. The van der Waals surface area contributed by atoms with Gasteiger partial charge < -0.3 is 15.0 Å². The third-order valence-corrected chi connectivity index (χ3v) is 3.39. The Bertz CT molecular complexity index is 791. The quantitative estimate of drug-likeness (QED) is 0.785. The lowest BCUT2D eigenvalue weighted by molar-refractivity contribution is 0.0418. The molecule has 1 aliphatic heterocycles. The number of carbonyl (C=O) groups is 1. The van der Waals surface area contributed by atoms with Crippen molar-refractivity contribution in [3.8, 4) is 0 Å². The number of ether oxygens (including phenoxy) is 1. The maximum absolute atomic E-state index is 13.5. The molecule has 5 nitrogen and oxygen atoms in total. The minimum atomic E-state index is -1.11. The van der Waals surface area contributed by atoms with Crippen LogP contribution < -0.4 is 10.9 Å². The lowest BCUT2D eigenvalue weighted by Crippen LogP contribution is -2.33. The van der Waals surface area contributed by atoms with E-state index in [9.17, 15) is 18.4 Å². The van der Waals surface area contributed by atoms with Gasteiger partial charge in [0.05, 0.1) is 11.4 Å². The van der Waals surface area contributed by atoms with E-state index in [0.29, 0.717) is 5.56 Å². The molecule has 0 saturated heterocycles. The van der Waals surface area contributed by atoms with Crippen molar-refractivity contribution >= 4 is 29.1 Å². The fraction of sp³-hybridized carbons (Fsp3) is 0.231. The Morgan fingerprint density at radius 3 is 2.48 bits per heavy atom. The molecule has 21 heavy (non-hydrogen) atoms. The number of cyclic esters (lactones) is 1. The predicted octanol–water partition coefficient (Wildman–Crippen LogP) is 1.66. The van der Waals surface area contributed by atoms with E-state index < -0.39 is 29.2 Å². The van der Waals surface area contributed by atoms with Crippen LogP contribution in [0.25, 0.3) is 10.8 Å². The summed E-state index contributed by atoms with van der Waals surface area (Å²) in [5, 5.41) is 3.12. The smallest absolute Gasteiger partial charge is 0.355 e. The summed E-state index contributed by atoms with van der Waals surface area (Å²) in [5.74, 6) is -2.86. The Morgan fingerprint density at radius 2 is 1.86 bits per heavy atom. The molecule has 0 bridgehead atoms. The molecule has 0 radical (unpaired) electrons. The third-order valence-electron chi connectivity index (χ3n) is 3.39. The van der Waals surface area contributed by atoms with Gasteiger partial charge in [-0.3, -0.25) is 4.79 Å². The van der Waals surface area contributed by atoms with Crippen LogP contribution in [-0.2, 0) is 4.74 Å². The summed E-state index contributed by atoms with van der Waals surface area (Å²) in [5.41, 5.74) is -0.275. The molecular formula is C13H11ClF2N2O3. The first-order chi connectivity index (χ1) is 9.52. The number of fused-ring (bicyclic) bond motifs is 3. The van der Waals surface area contributed by atoms with Crippen LogP contribution in [0.3, 0.4) is 0 Å². The molecule has 0 aliphatic carbocycles. The number of hydrogen-bond acceptors (Lipinski definition) is 4. The lowest BCUT2D eigenvalue weighted by Gasteiger charge is -2.25. The Balaban J connectivity index is 0.00000161. The largest absolute Gasteiger partial charge is 0.459 e. The molecule has 112 valence electrons. The molecule has 3 rings (SSSR count). The highest BCUT2D eigenvalue weighted by atomic mass is 35.5. The van der Waals surface area contributed by atoms with Crippen LogP contribution >= 0.6 is 12.4 Å². The number of esters is 1. The molecule has 8 heteroatoms. The Hall–Kier alpha value is -1.99. The zero-order valence-corrected chi connectivity index (χ0v) is 11.6. The molecule has 0 fully saturated rings. The van der Waals surface area contributed by atoms with Gasteiger partial charge in [-0.25, -0.2) is 13.6 Å². The number of carbonyl (C=O) groups excluding carboxylic acids is 1. The fourth-order valence-corrected chi connectivity index (χ4v) is 2.41. The first-order valence-electron chi connectivity index (χ1n) is 5.92. The second-order valence-electron chi connectivity index (χ2n) is 4.49. The number of nitrogens with one attached hydrogen (secondary N) is 2. The van der Waals surface area contributed by atoms with Gasteiger partial charge in [-0.2, -0.15) is 0 Å². The lowest BCUT2D eigenvalue weighted by atomic mass is 9.96. The number of hydrogen-bond donors (Lipinski definition) is 2. The SMILES string of the molecule is CN[C@@H]1COC(=O)c2[nH]c(=O)c3cc(F)c(F)cc3c21.Cl. The van der Waals surface area contributed by atoms with Crippen LogP contribution in [-0.4, -0.2) is 24.6 Å². The standard InChI is InChI=1S/C13H10F2N2O3.ClH/c1-16-9-4-20-13(19)11-10(9)5-2-7(14)8(15)3-6(5)12(18)17-11;/h2-3,9,16H,4H2,1H3,(H,17,18);1H/t9-;/m1./s1. The average Bonchev–Trinajstić information content (AvgIpc) is 2.42. The van der Waals surface area contributed by atoms with E-state index in [1.54, 1.807) is 7.05 Å². The highest BCUT2D eigenvalue weighted by molar-refractivity contribution is 5.97. The predicted molar refractivity (Wildman–Crippen MR) is 73.8 cm³/mol. The van der Waals surface area contributed by atoms with Gasteiger partial charge in [0, 0.05) is 5.56 Å². The zero-order chi connectivity index (χ0) is 14.4. The van der Waals surface area contributed by atoms with Crippen molar-refractivity contribution in [2.24, 2.45) is 0 Å². The number of benzene rings is 1. The van der Waals surface area contributed by atoms with Crippen molar-refractivity contribution < 1.29 is 18.3 Å². The number of H-pyrrole nitrogens is 1.